The van der Waals surface area contributed by atoms with Crippen LogP contribution in [-0.4, -0.2) is 27.8 Å². The first-order chi connectivity index (χ1) is 18.3. The summed E-state index contributed by atoms with van der Waals surface area (Å²) >= 11 is 1.27. The molecule has 190 valence electrons. The number of nitro benzene ring substituents is 1. The van der Waals surface area contributed by atoms with Crippen LogP contribution in [0.15, 0.2) is 108 Å². The predicted octanol–water partition coefficient (Wildman–Crippen LogP) is 6.02. The van der Waals surface area contributed by atoms with Crippen molar-refractivity contribution in [2.24, 2.45) is 0 Å². The Morgan fingerprint density at radius 3 is 2.08 bits per heavy atom. The lowest BCUT2D eigenvalue weighted by Crippen LogP contribution is -2.19. The van der Waals surface area contributed by atoms with E-state index in [9.17, 15) is 29.6 Å². The number of carbonyl (C=O) groups excluding carboxylic acids is 2. The lowest BCUT2D eigenvalue weighted by molar-refractivity contribution is -0.384. The van der Waals surface area contributed by atoms with Crippen LogP contribution in [0.2, 0.25) is 0 Å². The SMILES string of the molecule is O=C(O)c1cccc(NC(=O)C(Sc2cccc(NC(=O)c3ccc([N+](=O)[O-])cc3)c2)c2ccccc2)c1. The van der Waals surface area contributed by atoms with Gasteiger partial charge < -0.3 is 15.7 Å². The summed E-state index contributed by atoms with van der Waals surface area (Å²) in [6.45, 7) is 0. The number of non-ortho nitro benzene ring substituents is 1. The van der Waals surface area contributed by atoms with Crippen LogP contribution in [0.25, 0.3) is 0 Å². The summed E-state index contributed by atoms with van der Waals surface area (Å²) in [6.07, 6.45) is 0. The lowest BCUT2D eigenvalue weighted by Gasteiger charge is -2.18. The van der Waals surface area contributed by atoms with Crippen LogP contribution in [0.4, 0.5) is 17.1 Å². The highest BCUT2D eigenvalue weighted by Gasteiger charge is 2.23. The lowest BCUT2D eigenvalue weighted by atomic mass is 10.1. The molecule has 0 heterocycles. The van der Waals surface area contributed by atoms with Gasteiger partial charge in [0, 0.05) is 34.0 Å². The van der Waals surface area contributed by atoms with Gasteiger partial charge in [0.1, 0.15) is 5.25 Å². The van der Waals surface area contributed by atoms with Gasteiger partial charge in [0.15, 0.2) is 0 Å². The Hall–Kier alpha value is -4.96. The van der Waals surface area contributed by atoms with E-state index < -0.39 is 22.0 Å². The van der Waals surface area contributed by atoms with Crippen molar-refractivity contribution in [3.8, 4) is 0 Å². The van der Waals surface area contributed by atoms with E-state index >= 15 is 0 Å². The number of aromatic carboxylic acids is 1. The van der Waals surface area contributed by atoms with Crippen LogP contribution in [-0.2, 0) is 4.79 Å². The Morgan fingerprint density at radius 2 is 1.42 bits per heavy atom. The topological polar surface area (TPSA) is 139 Å². The zero-order valence-corrected chi connectivity index (χ0v) is 20.6. The van der Waals surface area contributed by atoms with Gasteiger partial charge >= 0.3 is 5.97 Å². The van der Waals surface area contributed by atoms with Crippen molar-refractivity contribution < 1.29 is 24.4 Å². The molecule has 9 nitrogen and oxygen atoms in total. The molecule has 3 N–H and O–H groups in total. The normalized spacial score (nSPS) is 11.3. The highest BCUT2D eigenvalue weighted by molar-refractivity contribution is 8.00. The molecule has 0 bridgehead atoms. The molecule has 0 spiro atoms. The third-order valence-electron chi connectivity index (χ3n) is 5.40. The number of rotatable bonds is 9. The number of amides is 2. The molecule has 0 saturated carbocycles. The van der Waals surface area contributed by atoms with E-state index in [2.05, 4.69) is 10.6 Å². The van der Waals surface area contributed by atoms with Crippen molar-refractivity contribution in [3.63, 3.8) is 0 Å². The van der Waals surface area contributed by atoms with Crippen LogP contribution in [0.5, 0.6) is 0 Å². The van der Waals surface area contributed by atoms with Crippen LogP contribution in [0.1, 0.15) is 31.5 Å². The average molecular weight is 528 g/mol. The Kier molecular flexibility index (Phi) is 8.14. The van der Waals surface area contributed by atoms with Crippen molar-refractivity contribution in [2.75, 3.05) is 10.6 Å². The zero-order chi connectivity index (χ0) is 27.1. The first kappa shape index (κ1) is 26.1. The molecule has 4 aromatic rings. The number of carboxylic acid groups (broad SMARTS) is 1. The standard InChI is InChI=1S/C28H21N3O6S/c32-26(19-12-14-23(15-13-19)31(36)37)29-22-10-5-11-24(17-22)38-25(18-6-2-1-3-7-18)27(33)30-21-9-4-8-20(16-21)28(34)35/h1-17,25H,(H,29,32)(H,30,33)(H,34,35). The van der Waals surface area contributed by atoms with Crippen LogP contribution in [0, 0.1) is 10.1 Å². The summed E-state index contributed by atoms with van der Waals surface area (Å²) < 4.78 is 0. The Morgan fingerprint density at radius 1 is 0.763 bits per heavy atom. The number of nitro groups is 1. The quantitative estimate of drug-likeness (QED) is 0.137. The number of thioether (sulfide) groups is 1. The van der Waals surface area contributed by atoms with Gasteiger partial charge in [-0.25, -0.2) is 4.79 Å². The number of hydrogen-bond acceptors (Lipinski definition) is 6. The second kappa shape index (κ2) is 11.8. The third kappa shape index (κ3) is 6.62. The summed E-state index contributed by atoms with van der Waals surface area (Å²) in [5, 5.41) is 25.0. The Balaban J connectivity index is 1.53. The van der Waals surface area contributed by atoms with E-state index in [0.29, 0.717) is 16.3 Å². The Labute approximate surface area is 221 Å². The molecule has 4 rings (SSSR count). The maximum Gasteiger partial charge on any atom is 0.335 e. The van der Waals surface area contributed by atoms with E-state index in [-0.39, 0.29) is 22.7 Å². The fourth-order valence-electron chi connectivity index (χ4n) is 3.56. The zero-order valence-electron chi connectivity index (χ0n) is 19.7. The fourth-order valence-corrected chi connectivity index (χ4v) is 4.64. The molecule has 38 heavy (non-hydrogen) atoms. The maximum atomic E-state index is 13.3. The molecule has 1 unspecified atom stereocenters. The summed E-state index contributed by atoms with van der Waals surface area (Å²) in [5.41, 5.74) is 1.80. The van der Waals surface area contributed by atoms with E-state index in [1.165, 1.54) is 48.2 Å². The number of carbonyl (C=O) groups is 3. The van der Waals surface area contributed by atoms with Crippen molar-refractivity contribution in [2.45, 2.75) is 10.1 Å². The van der Waals surface area contributed by atoms with Crippen LogP contribution >= 0.6 is 11.8 Å². The van der Waals surface area contributed by atoms with Gasteiger partial charge in [-0.15, -0.1) is 11.8 Å². The highest BCUT2D eigenvalue weighted by Crippen LogP contribution is 2.37. The van der Waals surface area contributed by atoms with E-state index in [0.717, 1.165) is 5.56 Å². The maximum absolute atomic E-state index is 13.3. The second-order valence-corrected chi connectivity index (χ2v) is 9.25. The summed E-state index contributed by atoms with van der Waals surface area (Å²) in [4.78, 5) is 48.3. The average Bonchev–Trinajstić information content (AvgIpc) is 2.92. The third-order valence-corrected chi connectivity index (χ3v) is 6.65. The van der Waals surface area contributed by atoms with E-state index in [4.69, 9.17) is 0 Å². The first-order valence-electron chi connectivity index (χ1n) is 11.3. The van der Waals surface area contributed by atoms with Crippen molar-refractivity contribution in [1.29, 1.82) is 0 Å². The molecule has 1 atom stereocenters. The van der Waals surface area contributed by atoms with Gasteiger partial charge in [0.05, 0.1) is 10.5 Å². The minimum absolute atomic E-state index is 0.0585. The summed E-state index contributed by atoms with van der Waals surface area (Å²) in [7, 11) is 0. The molecular formula is C28H21N3O6S. The van der Waals surface area contributed by atoms with Crippen molar-refractivity contribution in [1.82, 2.24) is 0 Å². The van der Waals surface area contributed by atoms with Gasteiger partial charge in [-0.3, -0.25) is 19.7 Å². The molecule has 0 fully saturated rings. The molecule has 10 heteroatoms. The largest absolute Gasteiger partial charge is 0.478 e. The number of carboxylic acids is 1. The first-order valence-corrected chi connectivity index (χ1v) is 12.2. The molecule has 0 aliphatic carbocycles. The molecule has 0 aromatic heterocycles. The second-order valence-electron chi connectivity index (χ2n) is 8.07. The molecule has 4 aromatic carbocycles. The number of nitrogens with zero attached hydrogens (tertiary/aromatic N) is 1. The van der Waals surface area contributed by atoms with Gasteiger partial charge in [0.25, 0.3) is 11.6 Å². The number of hydrogen-bond donors (Lipinski definition) is 3. The summed E-state index contributed by atoms with van der Waals surface area (Å²) in [5.74, 6) is -1.87. The van der Waals surface area contributed by atoms with Crippen LogP contribution < -0.4 is 10.6 Å². The van der Waals surface area contributed by atoms with Crippen LogP contribution in [0.3, 0.4) is 0 Å². The fraction of sp³-hybridized carbons (Fsp3) is 0.0357. The van der Waals surface area contributed by atoms with Crippen molar-refractivity contribution >= 4 is 46.6 Å². The van der Waals surface area contributed by atoms with E-state index in [1.807, 2.05) is 30.3 Å². The smallest absolute Gasteiger partial charge is 0.335 e. The molecule has 2 amide bonds. The number of nitrogens with one attached hydrogen (secondary N) is 2. The Bertz CT molecular complexity index is 1490. The molecule has 0 saturated heterocycles. The van der Waals surface area contributed by atoms with Gasteiger partial charge in [-0.1, -0.05) is 42.5 Å². The van der Waals surface area contributed by atoms with E-state index in [1.54, 1.807) is 36.4 Å². The monoisotopic (exact) mass is 527 g/mol. The molecule has 0 aliphatic heterocycles. The predicted molar refractivity (Wildman–Crippen MR) is 145 cm³/mol. The molecule has 0 aliphatic rings. The van der Waals surface area contributed by atoms with Gasteiger partial charge in [0.2, 0.25) is 5.91 Å². The van der Waals surface area contributed by atoms with Crippen molar-refractivity contribution in [3.05, 3.63) is 130 Å². The molecular weight excluding hydrogens is 506 g/mol. The minimum atomic E-state index is -1.09. The number of anilines is 2. The molecule has 0 radical (unpaired) electrons. The number of benzene rings is 4. The van der Waals surface area contributed by atoms with Gasteiger partial charge in [-0.05, 0) is 54.1 Å². The summed E-state index contributed by atoms with van der Waals surface area (Å²) in [6, 6.07) is 27.4. The highest BCUT2D eigenvalue weighted by atomic mass is 32.2. The van der Waals surface area contributed by atoms with Gasteiger partial charge in [-0.2, -0.15) is 0 Å². The minimum Gasteiger partial charge on any atom is -0.478 e.